The van der Waals surface area contributed by atoms with Crippen molar-refractivity contribution in [3.63, 3.8) is 0 Å². The highest BCUT2D eigenvalue weighted by atomic mass is 15.1. The lowest BCUT2D eigenvalue weighted by Crippen LogP contribution is -2.11. The summed E-state index contributed by atoms with van der Waals surface area (Å²) in [5.74, 6) is 0.809. The quantitative estimate of drug-likeness (QED) is 0.682. The Kier molecular flexibility index (Phi) is 2.13. The summed E-state index contributed by atoms with van der Waals surface area (Å²) >= 11 is 0. The van der Waals surface area contributed by atoms with Gasteiger partial charge in [-0.2, -0.15) is 5.10 Å². The van der Waals surface area contributed by atoms with Crippen LogP contribution in [0.4, 0.5) is 0 Å². The predicted octanol–water partition coefficient (Wildman–Crippen LogP) is 0.870. The van der Waals surface area contributed by atoms with Gasteiger partial charge in [0.2, 0.25) is 0 Å². The number of aromatic amines is 1. The Hall–Kier alpha value is -0.830. The molecule has 0 radical (unpaired) electrons. The van der Waals surface area contributed by atoms with Crippen molar-refractivity contribution in [1.29, 1.82) is 0 Å². The Morgan fingerprint density at radius 2 is 2.58 bits per heavy atom. The summed E-state index contributed by atoms with van der Waals surface area (Å²) in [6.45, 7) is 4.46. The van der Waals surface area contributed by atoms with E-state index in [1.54, 1.807) is 0 Å². The molecule has 1 aliphatic heterocycles. The van der Waals surface area contributed by atoms with Crippen LogP contribution in [0.1, 0.15) is 17.7 Å². The van der Waals surface area contributed by atoms with Crippen molar-refractivity contribution < 1.29 is 0 Å². The highest BCUT2D eigenvalue weighted by Gasteiger charge is 2.16. The topological polar surface area (TPSA) is 40.7 Å². The summed E-state index contributed by atoms with van der Waals surface area (Å²) in [5, 5.41) is 10.4. The molecule has 1 atom stereocenters. The van der Waals surface area contributed by atoms with Crippen LogP contribution in [-0.2, 0) is 6.42 Å². The van der Waals surface area contributed by atoms with Gasteiger partial charge in [0.15, 0.2) is 0 Å². The van der Waals surface area contributed by atoms with E-state index >= 15 is 0 Å². The first-order valence-corrected chi connectivity index (χ1v) is 4.56. The first-order chi connectivity index (χ1) is 5.86. The van der Waals surface area contributed by atoms with Gasteiger partial charge >= 0.3 is 0 Å². The van der Waals surface area contributed by atoms with Gasteiger partial charge in [-0.15, -0.1) is 0 Å². The first-order valence-electron chi connectivity index (χ1n) is 4.56. The zero-order valence-electron chi connectivity index (χ0n) is 7.43. The van der Waals surface area contributed by atoms with Crippen molar-refractivity contribution in [3.8, 4) is 0 Å². The number of hydrogen-bond acceptors (Lipinski definition) is 2. The number of aryl methyl sites for hydroxylation is 1. The molecule has 0 aliphatic carbocycles. The standard InChI is InChI=1S/C9H15N3/c1-7-5-11-12-9(7)4-8-2-3-10-6-8/h5,8,10H,2-4,6H2,1H3,(H,11,12). The van der Waals surface area contributed by atoms with Gasteiger partial charge in [-0.25, -0.2) is 0 Å². The summed E-state index contributed by atoms with van der Waals surface area (Å²) < 4.78 is 0. The zero-order valence-corrected chi connectivity index (χ0v) is 7.43. The molecule has 0 bridgehead atoms. The van der Waals surface area contributed by atoms with Crippen LogP contribution in [0, 0.1) is 12.8 Å². The fraction of sp³-hybridized carbons (Fsp3) is 0.667. The number of nitrogens with one attached hydrogen (secondary N) is 2. The molecule has 12 heavy (non-hydrogen) atoms. The minimum absolute atomic E-state index is 0.809. The second kappa shape index (κ2) is 3.27. The molecule has 3 heteroatoms. The first kappa shape index (κ1) is 7.80. The van der Waals surface area contributed by atoms with Gasteiger partial charge in [-0.1, -0.05) is 0 Å². The SMILES string of the molecule is Cc1cn[nH]c1CC1CCNC1. The van der Waals surface area contributed by atoms with E-state index < -0.39 is 0 Å². The van der Waals surface area contributed by atoms with Crippen LogP contribution in [0.5, 0.6) is 0 Å². The molecule has 1 unspecified atom stereocenters. The van der Waals surface area contributed by atoms with Crippen LogP contribution in [0.2, 0.25) is 0 Å². The lowest BCUT2D eigenvalue weighted by molar-refractivity contribution is 0.569. The van der Waals surface area contributed by atoms with Gasteiger partial charge in [-0.05, 0) is 44.3 Å². The molecule has 1 aromatic heterocycles. The maximum atomic E-state index is 4.02. The summed E-state index contributed by atoms with van der Waals surface area (Å²) in [6, 6.07) is 0. The average Bonchev–Trinajstić information content (AvgIpc) is 2.65. The Balaban J connectivity index is 1.98. The molecule has 1 saturated heterocycles. The van der Waals surface area contributed by atoms with Crippen molar-refractivity contribution in [2.45, 2.75) is 19.8 Å². The van der Waals surface area contributed by atoms with Crippen molar-refractivity contribution in [1.82, 2.24) is 15.5 Å². The van der Waals surface area contributed by atoms with E-state index in [-0.39, 0.29) is 0 Å². The summed E-state index contributed by atoms with van der Waals surface area (Å²) in [6.07, 6.45) is 4.36. The Bertz CT molecular complexity index is 248. The van der Waals surface area contributed by atoms with E-state index in [9.17, 15) is 0 Å². The van der Waals surface area contributed by atoms with E-state index in [4.69, 9.17) is 0 Å². The second-order valence-electron chi connectivity index (χ2n) is 3.59. The Labute approximate surface area is 72.6 Å². The molecule has 1 fully saturated rings. The molecule has 2 N–H and O–H groups in total. The molecular weight excluding hydrogens is 150 g/mol. The molecule has 3 nitrogen and oxygen atoms in total. The molecule has 2 heterocycles. The van der Waals surface area contributed by atoms with Gasteiger partial charge in [-0.3, -0.25) is 5.10 Å². The van der Waals surface area contributed by atoms with Gasteiger partial charge in [0.25, 0.3) is 0 Å². The Morgan fingerprint density at radius 1 is 1.67 bits per heavy atom. The molecule has 0 saturated carbocycles. The summed E-state index contributed by atoms with van der Waals surface area (Å²) in [4.78, 5) is 0. The lowest BCUT2D eigenvalue weighted by atomic mass is 10.0. The highest BCUT2D eigenvalue weighted by molar-refractivity contribution is 5.14. The second-order valence-corrected chi connectivity index (χ2v) is 3.59. The zero-order chi connectivity index (χ0) is 8.39. The van der Waals surface area contributed by atoms with E-state index in [1.165, 1.54) is 30.8 Å². The normalized spacial score (nSPS) is 23.2. The van der Waals surface area contributed by atoms with Crippen molar-refractivity contribution in [3.05, 3.63) is 17.5 Å². The molecule has 2 rings (SSSR count). The third-order valence-electron chi connectivity index (χ3n) is 2.59. The number of aromatic nitrogens is 2. The molecular formula is C9H15N3. The fourth-order valence-corrected chi connectivity index (χ4v) is 1.76. The van der Waals surface area contributed by atoms with E-state index in [1.807, 2.05) is 6.20 Å². The van der Waals surface area contributed by atoms with E-state index in [0.717, 1.165) is 12.3 Å². The third-order valence-corrected chi connectivity index (χ3v) is 2.59. The largest absolute Gasteiger partial charge is 0.316 e. The van der Waals surface area contributed by atoms with E-state index in [2.05, 4.69) is 22.4 Å². The summed E-state index contributed by atoms with van der Waals surface area (Å²) in [7, 11) is 0. The van der Waals surface area contributed by atoms with Crippen LogP contribution >= 0.6 is 0 Å². The number of H-pyrrole nitrogens is 1. The van der Waals surface area contributed by atoms with Gasteiger partial charge < -0.3 is 5.32 Å². The van der Waals surface area contributed by atoms with Crippen molar-refractivity contribution >= 4 is 0 Å². The van der Waals surface area contributed by atoms with Crippen LogP contribution < -0.4 is 5.32 Å². The van der Waals surface area contributed by atoms with Crippen molar-refractivity contribution in [2.24, 2.45) is 5.92 Å². The Morgan fingerprint density at radius 3 is 3.17 bits per heavy atom. The average molecular weight is 165 g/mol. The van der Waals surface area contributed by atoms with Gasteiger partial charge in [0.05, 0.1) is 6.20 Å². The molecule has 0 aromatic carbocycles. The molecule has 1 aliphatic rings. The smallest absolute Gasteiger partial charge is 0.0519 e. The van der Waals surface area contributed by atoms with Crippen LogP contribution in [0.3, 0.4) is 0 Å². The molecule has 66 valence electrons. The number of nitrogens with zero attached hydrogens (tertiary/aromatic N) is 1. The minimum atomic E-state index is 0.809. The van der Waals surface area contributed by atoms with E-state index in [0.29, 0.717) is 0 Å². The fourth-order valence-electron chi connectivity index (χ4n) is 1.76. The predicted molar refractivity (Wildman–Crippen MR) is 48.0 cm³/mol. The molecule has 1 aromatic rings. The third kappa shape index (κ3) is 1.50. The number of hydrogen-bond donors (Lipinski definition) is 2. The molecule has 0 amide bonds. The van der Waals surface area contributed by atoms with Crippen LogP contribution in [-0.4, -0.2) is 23.3 Å². The maximum Gasteiger partial charge on any atom is 0.0519 e. The van der Waals surface area contributed by atoms with Gasteiger partial charge in [0.1, 0.15) is 0 Å². The molecule has 0 spiro atoms. The summed E-state index contributed by atoms with van der Waals surface area (Å²) in [5.41, 5.74) is 2.60. The highest BCUT2D eigenvalue weighted by Crippen LogP contribution is 2.15. The van der Waals surface area contributed by atoms with Crippen molar-refractivity contribution in [2.75, 3.05) is 13.1 Å². The monoisotopic (exact) mass is 165 g/mol. The van der Waals surface area contributed by atoms with Gasteiger partial charge in [0, 0.05) is 5.69 Å². The van der Waals surface area contributed by atoms with Crippen LogP contribution in [0.25, 0.3) is 0 Å². The van der Waals surface area contributed by atoms with Crippen LogP contribution in [0.15, 0.2) is 6.20 Å². The maximum absolute atomic E-state index is 4.02. The minimum Gasteiger partial charge on any atom is -0.316 e. The number of rotatable bonds is 2. The lowest BCUT2D eigenvalue weighted by Gasteiger charge is -2.05.